The molecule has 1 N–H and O–H groups in total. The topological polar surface area (TPSA) is 38.7 Å². The third kappa shape index (κ3) is 2.78. The number of hydrogen-bond acceptors (Lipinski definition) is 3. The molecule has 2 unspecified atom stereocenters. The summed E-state index contributed by atoms with van der Waals surface area (Å²) in [6.07, 6.45) is 3.97. The normalized spacial score (nSPS) is 26.1. The molecule has 0 bridgehead atoms. The van der Waals surface area contributed by atoms with Crippen molar-refractivity contribution >= 4 is 21.5 Å². The van der Waals surface area contributed by atoms with E-state index in [1.807, 2.05) is 13.0 Å². The summed E-state index contributed by atoms with van der Waals surface area (Å²) >= 11 is 3.39. The molecule has 0 spiro atoms. The maximum atomic E-state index is 9.78. The van der Waals surface area contributed by atoms with Crippen molar-refractivity contribution in [3.05, 3.63) is 33.8 Å². The molecule has 4 heteroatoms. The summed E-state index contributed by atoms with van der Waals surface area (Å²) in [5.41, 5.74) is 3.34. The van der Waals surface area contributed by atoms with Gasteiger partial charge in [-0.1, -0.05) is 6.07 Å². The predicted octanol–water partition coefficient (Wildman–Crippen LogP) is 3.63. The van der Waals surface area contributed by atoms with Gasteiger partial charge in [-0.05, 0) is 71.8 Å². The van der Waals surface area contributed by atoms with E-state index < -0.39 is 6.29 Å². The van der Waals surface area contributed by atoms with Crippen molar-refractivity contribution in [1.82, 2.24) is 0 Å². The minimum absolute atomic E-state index is 0.338. The van der Waals surface area contributed by atoms with Gasteiger partial charge in [-0.2, -0.15) is 0 Å². The molecule has 1 fully saturated rings. The van der Waals surface area contributed by atoms with Crippen LogP contribution in [0.25, 0.3) is 5.57 Å². The van der Waals surface area contributed by atoms with Crippen LogP contribution in [0.1, 0.15) is 37.3 Å². The Balaban J connectivity index is 1.83. The largest absolute Gasteiger partial charge is 0.460 e. The minimum atomic E-state index is -0.893. The Morgan fingerprint density at radius 3 is 2.95 bits per heavy atom. The van der Waals surface area contributed by atoms with Crippen molar-refractivity contribution in [3.8, 4) is 5.75 Å². The van der Waals surface area contributed by atoms with E-state index in [0.717, 1.165) is 36.3 Å². The van der Waals surface area contributed by atoms with Gasteiger partial charge in [0.1, 0.15) is 5.75 Å². The Bertz CT molecular complexity index is 533. The van der Waals surface area contributed by atoms with E-state index in [9.17, 15) is 5.11 Å². The van der Waals surface area contributed by atoms with Crippen molar-refractivity contribution in [2.75, 3.05) is 6.61 Å². The SMILES string of the molecule is CC1=C(Br)C(O)Oc2ccc(CC3CCCCO3)cc21. The van der Waals surface area contributed by atoms with Gasteiger partial charge in [0, 0.05) is 12.2 Å². The first-order valence-electron chi connectivity index (χ1n) is 7.11. The fourth-order valence-corrected chi connectivity index (χ4v) is 3.12. The molecule has 1 aromatic carbocycles. The molecule has 2 aliphatic rings. The molecule has 108 valence electrons. The van der Waals surface area contributed by atoms with Gasteiger partial charge in [0.15, 0.2) is 0 Å². The second-order valence-electron chi connectivity index (χ2n) is 5.47. The zero-order valence-electron chi connectivity index (χ0n) is 11.6. The number of hydrogen-bond donors (Lipinski definition) is 1. The number of ether oxygens (including phenoxy) is 2. The van der Waals surface area contributed by atoms with E-state index in [2.05, 4.69) is 28.1 Å². The predicted molar refractivity (Wildman–Crippen MR) is 81.9 cm³/mol. The van der Waals surface area contributed by atoms with Gasteiger partial charge >= 0.3 is 0 Å². The zero-order valence-corrected chi connectivity index (χ0v) is 13.1. The van der Waals surface area contributed by atoms with Crippen LogP contribution in [0.2, 0.25) is 0 Å². The minimum Gasteiger partial charge on any atom is -0.460 e. The van der Waals surface area contributed by atoms with Gasteiger partial charge in [-0.15, -0.1) is 0 Å². The number of aliphatic hydroxyl groups is 1. The highest BCUT2D eigenvalue weighted by molar-refractivity contribution is 9.11. The standard InChI is InChI=1S/C16H19BrO3/c1-10-13-9-11(8-12-4-2-3-7-19-12)5-6-14(13)20-16(18)15(10)17/h5-6,9,12,16,18H,2-4,7-8H2,1H3. The van der Waals surface area contributed by atoms with Crippen LogP contribution in [0.3, 0.4) is 0 Å². The van der Waals surface area contributed by atoms with Gasteiger partial charge in [-0.3, -0.25) is 0 Å². The number of rotatable bonds is 2. The van der Waals surface area contributed by atoms with Gasteiger partial charge in [-0.25, -0.2) is 0 Å². The second kappa shape index (κ2) is 5.88. The lowest BCUT2D eigenvalue weighted by Gasteiger charge is -2.26. The number of allylic oxidation sites excluding steroid dienone is 1. The van der Waals surface area contributed by atoms with E-state index >= 15 is 0 Å². The average molecular weight is 339 g/mol. The summed E-state index contributed by atoms with van der Waals surface area (Å²) in [5, 5.41) is 9.78. The monoisotopic (exact) mass is 338 g/mol. The first-order chi connectivity index (χ1) is 9.65. The average Bonchev–Trinajstić information content (AvgIpc) is 2.47. The molecule has 1 aromatic rings. The zero-order chi connectivity index (χ0) is 14.1. The van der Waals surface area contributed by atoms with Gasteiger partial charge < -0.3 is 14.6 Å². The highest BCUT2D eigenvalue weighted by Gasteiger charge is 2.24. The highest BCUT2D eigenvalue weighted by atomic mass is 79.9. The van der Waals surface area contributed by atoms with Crippen molar-refractivity contribution in [3.63, 3.8) is 0 Å². The quantitative estimate of drug-likeness (QED) is 0.894. The molecule has 3 nitrogen and oxygen atoms in total. The maximum absolute atomic E-state index is 9.78. The van der Waals surface area contributed by atoms with E-state index in [4.69, 9.17) is 9.47 Å². The summed E-state index contributed by atoms with van der Waals surface area (Å²) < 4.78 is 12.0. The third-order valence-electron chi connectivity index (χ3n) is 4.00. The number of fused-ring (bicyclic) bond motifs is 1. The lowest BCUT2D eigenvalue weighted by molar-refractivity contribution is 0.0161. The Labute approximate surface area is 127 Å². The highest BCUT2D eigenvalue weighted by Crippen LogP contribution is 2.38. The van der Waals surface area contributed by atoms with E-state index in [1.165, 1.54) is 18.4 Å². The fourth-order valence-electron chi connectivity index (χ4n) is 2.82. The summed E-state index contributed by atoms with van der Waals surface area (Å²) in [5.74, 6) is 0.742. The number of benzene rings is 1. The molecule has 0 saturated carbocycles. The molecule has 2 atom stereocenters. The van der Waals surface area contributed by atoms with Crippen LogP contribution >= 0.6 is 15.9 Å². The van der Waals surface area contributed by atoms with Crippen LogP contribution in [-0.2, 0) is 11.2 Å². The summed E-state index contributed by atoms with van der Waals surface area (Å²) in [6.45, 7) is 2.88. The van der Waals surface area contributed by atoms with Crippen molar-refractivity contribution < 1.29 is 14.6 Å². The Morgan fingerprint density at radius 2 is 2.20 bits per heavy atom. The molecular formula is C16H19BrO3. The molecule has 1 saturated heterocycles. The van der Waals surface area contributed by atoms with Crippen LogP contribution in [0.5, 0.6) is 5.75 Å². The molecule has 2 heterocycles. The maximum Gasteiger partial charge on any atom is 0.231 e. The third-order valence-corrected chi connectivity index (χ3v) is 4.99. The van der Waals surface area contributed by atoms with Crippen molar-refractivity contribution in [2.45, 2.75) is 45.0 Å². The van der Waals surface area contributed by atoms with Gasteiger partial charge in [0.25, 0.3) is 0 Å². The molecule has 0 aromatic heterocycles. The lowest BCUT2D eigenvalue weighted by atomic mass is 9.96. The van der Waals surface area contributed by atoms with Crippen molar-refractivity contribution in [2.24, 2.45) is 0 Å². The van der Waals surface area contributed by atoms with Gasteiger partial charge in [0.05, 0.1) is 10.6 Å². The van der Waals surface area contributed by atoms with E-state index in [-0.39, 0.29) is 0 Å². The number of halogens is 1. The smallest absolute Gasteiger partial charge is 0.231 e. The summed E-state index contributed by atoms with van der Waals surface area (Å²) in [7, 11) is 0. The molecule has 20 heavy (non-hydrogen) atoms. The van der Waals surface area contributed by atoms with Crippen LogP contribution in [0.15, 0.2) is 22.7 Å². The van der Waals surface area contributed by atoms with Crippen molar-refractivity contribution in [1.29, 1.82) is 0 Å². The summed E-state index contributed by atoms with van der Waals surface area (Å²) in [6, 6.07) is 6.16. The van der Waals surface area contributed by atoms with Crippen LogP contribution in [0, 0.1) is 0 Å². The lowest BCUT2D eigenvalue weighted by Crippen LogP contribution is -2.22. The Kier molecular flexibility index (Phi) is 4.15. The van der Waals surface area contributed by atoms with Crippen LogP contribution in [0.4, 0.5) is 0 Å². The number of aliphatic hydroxyl groups excluding tert-OH is 1. The van der Waals surface area contributed by atoms with Crippen LogP contribution < -0.4 is 4.74 Å². The van der Waals surface area contributed by atoms with Gasteiger partial charge in [0.2, 0.25) is 6.29 Å². The molecular weight excluding hydrogens is 320 g/mol. The second-order valence-corrected chi connectivity index (χ2v) is 6.32. The molecule has 0 amide bonds. The van der Waals surface area contributed by atoms with E-state index in [1.54, 1.807) is 0 Å². The molecule has 0 aliphatic carbocycles. The van der Waals surface area contributed by atoms with Crippen LogP contribution in [-0.4, -0.2) is 24.1 Å². The molecule has 0 radical (unpaired) electrons. The Hall–Kier alpha value is -0.840. The summed E-state index contributed by atoms with van der Waals surface area (Å²) in [4.78, 5) is 0. The first kappa shape index (κ1) is 14.1. The first-order valence-corrected chi connectivity index (χ1v) is 7.90. The van der Waals surface area contributed by atoms with E-state index in [0.29, 0.717) is 10.6 Å². The Morgan fingerprint density at radius 1 is 1.35 bits per heavy atom. The molecule has 2 aliphatic heterocycles. The fraction of sp³-hybridized carbons (Fsp3) is 0.500. The molecule has 3 rings (SSSR count).